The van der Waals surface area contributed by atoms with E-state index in [2.05, 4.69) is 29.0 Å². The number of rotatable bonds is 5. The van der Waals surface area contributed by atoms with E-state index in [0.717, 1.165) is 54.2 Å². The second kappa shape index (κ2) is 9.05. The van der Waals surface area contributed by atoms with Crippen LogP contribution in [0.2, 0.25) is 0 Å². The minimum absolute atomic E-state index is 0.220. The minimum Gasteiger partial charge on any atom is -0.317 e. The molecule has 0 saturated carbocycles. The molecule has 0 spiro atoms. The first-order chi connectivity index (χ1) is 13.1. The smallest absolute Gasteiger partial charge is 0.123 e. The topological polar surface area (TPSA) is 36.8 Å². The Labute approximate surface area is 161 Å². The number of aliphatic imine (C=N–C) groups is 2. The van der Waals surface area contributed by atoms with Crippen molar-refractivity contribution in [2.24, 2.45) is 15.9 Å². The SMILES string of the molecule is C=C/N=C(C)\C=C1/CC=C(c2cc(F)ccc2C)N=C1CC1CCNCC1. The summed E-state index contributed by atoms with van der Waals surface area (Å²) in [5.41, 5.74) is 6.05. The highest BCUT2D eigenvalue weighted by molar-refractivity contribution is 6.10. The first-order valence-corrected chi connectivity index (χ1v) is 9.68. The predicted molar refractivity (Wildman–Crippen MR) is 113 cm³/mol. The first kappa shape index (κ1) is 19.4. The van der Waals surface area contributed by atoms with E-state index in [1.54, 1.807) is 12.3 Å². The van der Waals surface area contributed by atoms with Crippen LogP contribution in [0.15, 0.2) is 58.7 Å². The molecule has 3 rings (SSSR count). The van der Waals surface area contributed by atoms with E-state index in [9.17, 15) is 4.39 Å². The third-order valence-electron chi connectivity index (χ3n) is 5.24. The molecular formula is C23H28FN3. The van der Waals surface area contributed by atoms with Gasteiger partial charge in [-0.3, -0.25) is 9.98 Å². The molecular weight excluding hydrogens is 337 g/mol. The summed E-state index contributed by atoms with van der Waals surface area (Å²) in [4.78, 5) is 9.26. The molecule has 0 aliphatic carbocycles. The molecule has 2 aliphatic rings. The minimum atomic E-state index is -0.220. The van der Waals surface area contributed by atoms with Crippen molar-refractivity contribution < 1.29 is 4.39 Å². The lowest BCUT2D eigenvalue weighted by Gasteiger charge is -2.25. The van der Waals surface area contributed by atoms with Crippen molar-refractivity contribution in [3.63, 3.8) is 0 Å². The van der Waals surface area contributed by atoms with Crippen LogP contribution < -0.4 is 5.32 Å². The molecule has 27 heavy (non-hydrogen) atoms. The van der Waals surface area contributed by atoms with E-state index in [-0.39, 0.29) is 5.82 Å². The highest BCUT2D eigenvalue weighted by atomic mass is 19.1. The van der Waals surface area contributed by atoms with Crippen molar-refractivity contribution in [3.8, 4) is 0 Å². The Morgan fingerprint density at radius 1 is 1.37 bits per heavy atom. The van der Waals surface area contributed by atoms with Gasteiger partial charge in [0.15, 0.2) is 0 Å². The fourth-order valence-electron chi connectivity index (χ4n) is 3.74. The van der Waals surface area contributed by atoms with Crippen LogP contribution in [0.25, 0.3) is 5.70 Å². The number of aryl methyl sites for hydroxylation is 1. The Morgan fingerprint density at radius 2 is 2.15 bits per heavy atom. The zero-order chi connectivity index (χ0) is 19.2. The third-order valence-corrected chi connectivity index (χ3v) is 5.24. The number of piperidine rings is 1. The second-order valence-corrected chi connectivity index (χ2v) is 7.33. The van der Waals surface area contributed by atoms with Gasteiger partial charge in [-0.15, -0.1) is 0 Å². The van der Waals surface area contributed by atoms with Gasteiger partial charge in [0.2, 0.25) is 0 Å². The summed E-state index contributed by atoms with van der Waals surface area (Å²) in [7, 11) is 0. The van der Waals surface area contributed by atoms with Crippen LogP contribution in [0.1, 0.15) is 43.7 Å². The summed E-state index contributed by atoms with van der Waals surface area (Å²) < 4.78 is 13.8. The normalized spacial score (nSPS) is 20.4. The second-order valence-electron chi connectivity index (χ2n) is 7.33. The molecule has 0 aromatic heterocycles. The highest BCUT2D eigenvalue weighted by Gasteiger charge is 2.21. The molecule has 142 valence electrons. The molecule has 0 bridgehead atoms. The summed E-state index contributed by atoms with van der Waals surface area (Å²) >= 11 is 0. The Bertz CT molecular complexity index is 824. The van der Waals surface area contributed by atoms with Gasteiger partial charge in [-0.05, 0) is 87.9 Å². The summed E-state index contributed by atoms with van der Waals surface area (Å²) in [6.07, 6.45) is 9.86. The maximum Gasteiger partial charge on any atom is 0.123 e. The van der Waals surface area contributed by atoms with Gasteiger partial charge in [0, 0.05) is 23.2 Å². The zero-order valence-electron chi connectivity index (χ0n) is 16.3. The number of allylic oxidation sites excluding steroid dienone is 3. The lowest BCUT2D eigenvalue weighted by molar-refractivity contribution is 0.384. The van der Waals surface area contributed by atoms with Crippen LogP contribution in [-0.2, 0) is 0 Å². The molecule has 2 heterocycles. The molecule has 1 saturated heterocycles. The molecule has 1 fully saturated rings. The van der Waals surface area contributed by atoms with Crippen molar-refractivity contribution in [2.75, 3.05) is 13.1 Å². The van der Waals surface area contributed by atoms with Gasteiger partial charge in [0.25, 0.3) is 0 Å². The molecule has 2 aliphatic heterocycles. The standard InChI is InChI=1S/C23H28FN3/c1-4-26-17(3)13-19-6-8-22(21-15-20(24)7-5-16(21)2)27-23(19)14-18-9-11-25-12-10-18/h4-5,7-8,13,15,18,25H,1,6,9-12,14H2,2-3H3/b19-13+,26-17-. The largest absolute Gasteiger partial charge is 0.317 e. The molecule has 0 radical (unpaired) electrons. The molecule has 1 aromatic carbocycles. The Kier molecular flexibility index (Phi) is 6.51. The van der Waals surface area contributed by atoms with Crippen LogP contribution in [0.4, 0.5) is 4.39 Å². The van der Waals surface area contributed by atoms with Gasteiger partial charge < -0.3 is 5.32 Å². The maximum atomic E-state index is 13.8. The number of nitrogens with one attached hydrogen (secondary N) is 1. The van der Waals surface area contributed by atoms with Gasteiger partial charge in [-0.1, -0.05) is 18.7 Å². The van der Waals surface area contributed by atoms with Crippen molar-refractivity contribution in [1.29, 1.82) is 0 Å². The van der Waals surface area contributed by atoms with Gasteiger partial charge in [-0.25, -0.2) is 4.39 Å². The van der Waals surface area contributed by atoms with Crippen molar-refractivity contribution in [3.05, 3.63) is 65.6 Å². The van der Waals surface area contributed by atoms with E-state index in [1.807, 2.05) is 19.9 Å². The molecule has 3 nitrogen and oxygen atoms in total. The van der Waals surface area contributed by atoms with Crippen LogP contribution in [-0.4, -0.2) is 24.5 Å². The number of nitrogens with zero attached hydrogens (tertiary/aromatic N) is 2. The average Bonchev–Trinajstić information content (AvgIpc) is 2.66. The van der Waals surface area contributed by atoms with Gasteiger partial charge in [0.05, 0.1) is 5.70 Å². The lowest BCUT2D eigenvalue weighted by Crippen LogP contribution is -2.29. The Hall–Kier alpha value is -2.33. The van der Waals surface area contributed by atoms with Gasteiger partial charge in [-0.2, -0.15) is 0 Å². The van der Waals surface area contributed by atoms with E-state index >= 15 is 0 Å². The molecule has 4 heteroatoms. The molecule has 0 amide bonds. The first-order valence-electron chi connectivity index (χ1n) is 9.68. The average molecular weight is 365 g/mol. The fourth-order valence-corrected chi connectivity index (χ4v) is 3.74. The predicted octanol–water partition coefficient (Wildman–Crippen LogP) is 5.24. The molecule has 1 N–H and O–H groups in total. The monoisotopic (exact) mass is 365 g/mol. The van der Waals surface area contributed by atoms with Crippen LogP contribution in [0.3, 0.4) is 0 Å². The van der Waals surface area contributed by atoms with E-state index in [1.165, 1.54) is 24.5 Å². The summed E-state index contributed by atoms with van der Waals surface area (Å²) in [6, 6.07) is 4.91. The summed E-state index contributed by atoms with van der Waals surface area (Å²) in [5, 5.41) is 3.42. The van der Waals surface area contributed by atoms with E-state index < -0.39 is 0 Å². The van der Waals surface area contributed by atoms with E-state index in [4.69, 9.17) is 4.99 Å². The molecule has 0 unspecified atom stereocenters. The van der Waals surface area contributed by atoms with Crippen LogP contribution >= 0.6 is 0 Å². The zero-order valence-corrected chi connectivity index (χ0v) is 16.3. The summed E-state index contributed by atoms with van der Waals surface area (Å²) in [5.74, 6) is 0.417. The number of halogens is 1. The quantitative estimate of drug-likeness (QED) is 0.712. The number of hydrogen-bond acceptors (Lipinski definition) is 3. The summed E-state index contributed by atoms with van der Waals surface area (Å²) in [6.45, 7) is 9.80. The Balaban J connectivity index is 1.94. The molecule has 1 aromatic rings. The van der Waals surface area contributed by atoms with Crippen molar-refractivity contribution in [2.45, 2.75) is 39.5 Å². The van der Waals surface area contributed by atoms with Crippen molar-refractivity contribution in [1.82, 2.24) is 5.32 Å². The van der Waals surface area contributed by atoms with Gasteiger partial charge in [0.1, 0.15) is 5.82 Å². The third kappa shape index (κ3) is 5.10. The number of benzene rings is 1. The fraction of sp³-hybridized carbons (Fsp3) is 0.391. The van der Waals surface area contributed by atoms with E-state index in [0.29, 0.717) is 5.92 Å². The maximum absolute atomic E-state index is 13.8. The van der Waals surface area contributed by atoms with Crippen LogP contribution in [0.5, 0.6) is 0 Å². The number of hydrogen-bond donors (Lipinski definition) is 1. The Morgan fingerprint density at radius 3 is 2.89 bits per heavy atom. The lowest BCUT2D eigenvalue weighted by atomic mass is 9.87. The molecule has 0 atom stereocenters. The highest BCUT2D eigenvalue weighted by Crippen LogP contribution is 2.30. The van der Waals surface area contributed by atoms with Crippen LogP contribution in [0, 0.1) is 18.7 Å². The van der Waals surface area contributed by atoms with Crippen molar-refractivity contribution >= 4 is 17.1 Å². The van der Waals surface area contributed by atoms with Gasteiger partial charge >= 0.3 is 0 Å².